The summed E-state index contributed by atoms with van der Waals surface area (Å²) in [7, 11) is 0. The first-order chi connectivity index (χ1) is 13.2. The molecule has 0 N–H and O–H groups in total. The number of thioether (sulfide) groups is 1. The van der Waals surface area contributed by atoms with E-state index in [0.717, 1.165) is 27.1 Å². The van der Waals surface area contributed by atoms with E-state index in [1.807, 2.05) is 85.1 Å². The number of carbonyl (C=O) groups is 1. The fraction of sp³-hybridized carbons (Fsp3) is 0.0435. The smallest absolute Gasteiger partial charge is 0.196 e. The molecule has 0 aliphatic rings. The van der Waals surface area contributed by atoms with E-state index in [-0.39, 0.29) is 5.78 Å². The average Bonchev–Trinajstić information content (AvgIpc) is 2.73. The van der Waals surface area contributed by atoms with Gasteiger partial charge in [-0.15, -0.1) is 11.8 Å². The molecule has 1 aromatic heterocycles. The molecule has 2 nitrogen and oxygen atoms in total. The molecular weight excluding hydrogens is 374 g/mol. The van der Waals surface area contributed by atoms with Crippen molar-refractivity contribution in [3.63, 3.8) is 0 Å². The molecule has 0 saturated carbocycles. The predicted molar refractivity (Wildman–Crippen MR) is 114 cm³/mol. The van der Waals surface area contributed by atoms with Gasteiger partial charge in [0.05, 0.1) is 11.1 Å². The van der Waals surface area contributed by atoms with E-state index in [9.17, 15) is 4.79 Å². The Morgan fingerprint density at radius 2 is 1.59 bits per heavy atom. The zero-order chi connectivity index (χ0) is 18.8. The number of pyridine rings is 1. The minimum atomic E-state index is -0.0341. The van der Waals surface area contributed by atoms with E-state index in [2.05, 4.69) is 0 Å². The van der Waals surface area contributed by atoms with Crippen molar-refractivity contribution < 1.29 is 4.79 Å². The molecule has 0 bridgehead atoms. The molecule has 4 aromatic rings. The molecular formula is C23H16ClNOS. The minimum absolute atomic E-state index is 0.0341. The van der Waals surface area contributed by atoms with Gasteiger partial charge in [0.25, 0.3) is 0 Å². The van der Waals surface area contributed by atoms with E-state index in [1.165, 1.54) is 11.8 Å². The number of ketones is 1. The van der Waals surface area contributed by atoms with Crippen LogP contribution in [0.4, 0.5) is 0 Å². The molecule has 0 atom stereocenters. The third-order valence-electron chi connectivity index (χ3n) is 4.43. The molecule has 132 valence electrons. The zero-order valence-electron chi connectivity index (χ0n) is 14.6. The Kier molecular flexibility index (Phi) is 4.97. The lowest BCUT2D eigenvalue weighted by Gasteiger charge is -2.16. The van der Waals surface area contributed by atoms with Crippen molar-refractivity contribution in [2.24, 2.45) is 0 Å². The molecule has 27 heavy (non-hydrogen) atoms. The number of fused-ring (bicyclic) bond motifs is 1. The van der Waals surface area contributed by atoms with Gasteiger partial charge in [-0.3, -0.25) is 4.79 Å². The summed E-state index contributed by atoms with van der Waals surface area (Å²) in [5.41, 5.74) is 3.94. The Morgan fingerprint density at radius 1 is 0.926 bits per heavy atom. The monoisotopic (exact) mass is 389 g/mol. The summed E-state index contributed by atoms with van der Waals surface area (Å²) in [5.74, 6) is -0.0341. The Morgan fingerprint density at radius 3 is 2.26 bits per heavy atom. The van der Waals surface area contributed by atoms with Crippen molar-refractivity contribution in [1.29, 1.82) is 0 Å². The molecule has 0 amide bonds. The summed E-state index contributed by atoms with van der Waals surface area (Å²) in [6.07, 6.45) is 1.95. The third-order valence-corrected chi connectivity index (χ3v) is 5.35. The Labute approximate surface area is 167 Å². The number of hydrogen-bond donors (Lipinski definition) is 0. The van der Waals surface area contributed by atoms with Gasteiger partial charge in [-0.2, -0.15) is 0 Å². The maximum Gasteiger partial charge on any atom is 0.196 e. The van der Waals surface area contributed by atoms with Gasteiger partial charge in [-0.25, -0.2) is 4.98 Å². The van der Waals surface area contributed by atoms with Crippen LogP contribution in [0.25, 0.3) is 22.0 Å². The second kappa shape index (κ2) is 7.55. The highest BCUT2D eigenvalue weighted by Crippen LogP contribution is 2.38. The van der Waals surface area contributed by atoms with Crippen molar-refractivity contribution in [2.45, 2.75) is 5.03 Å². The molecule has 0 fully saturated rings. The highest BCUT2D eigenvalue weighted by Gasteiger charge is 2.23. The van der Waals surface area contributed by atoms with Crippen molar-refractivity contribution in [1.82, 2.24) is 4.98 Å². The van der Waals surface area contributed by atoms with Crippen LogP contribution in [-0.2, 0) is 0 Å². The fourth-order valence-corrected chi connectivity index (χ4v) is 3.97. The maximum atomic E-state index is 13.5. The lowest BCUT2D eigenvalue weighted by molar-refractivity contribution is 0.103. The molecule has 0 aliphatic carbocycles. The third kappa shape index (κ3) is 3.36. The SMILES string of the molecule is CSc1nc2ccc(Cl)cc2c(-c2ccccc2)c1C(=O)c1ccccc1. The van der Waals surface area contributed by atoms with Crippen LogP contribution in [-0.4, -0.2) is 17.0 Å². The van der Waals surface area contributed by atoms with Crippen LogP contribution in [0.1, 0.15) is 15.9 Å². The van der Waals surface area contributed by atoms with Crippen LogP contribution in [0.2, 0.25) is 5.02 Å². The summed E-state index contributed by atoms with van der Waals surface area (Å²) in [5, 5.41) is 2.22. The predicted octanol–water partition coefficient (Wildman–Crippen LogP) is 6.51. The van der Waals surface area contributed by atoms with Crippen LogP contribution in [0.15, 0.2) is 83.9 Å². The molecule has 0 aliphatic heterocycles. The summed E-state index contributed by atoms with van der Waals surface area (Å²) in [6, 6.07) is 24.9. The summed E-state index contributed by atoms with van der Waals surface area (Å²) < 4.78 is 0. The molecule has 0 saturated heterocycles. The summed E-state index contributed by atoms with van der Waals surface area (Å²) in [4.78, 5) is 18.2. The van der Waals surface area contributed by atoms with Crippen LogP contribution >= 0.6 is 23.4 Å². The quantitative estimate of drug-likeness (QED) is 0.294. The van der Waals surface area contributed by atoms with E-state index in [0.29, 0.717) is 16.1 Å². The first-order valence-electron chi connectivity index (χ1n) is 8.51. The normalized spacial score (nSPS) is 10.9. The van der Waals surface area contributed by atoms with Gasteiger partial charge in [0.1, 0.15) is 5.03 Å². The van der Waals surface area contributed by atoms with Crippen molar-refractivity contribution in [3.8, 4) is 11.1 Å². The van der Waals surface area contributed by atoms with Crippen molar-refractivity contribution in [3.05, 3.63) is 95.0 Å². The molecule has 0 spiro atoms. The largest absolute Gasteiger partial charge is 0.288 e. The van der Waals surface area contributed by atoms with E-state index < -0.39 is 0 Å². The Hall–Kier alpha value is -2.62. The summed E-state index contributed by atoms with van der Waals surface area (Å²) >= 11 is 7.76. The van der Waals surface area contributed by atoms with Crippen LogP contribution < -0.4 is 0 Å². The Balaban J connectivity index is 2.11. The number of hydrogen-bond acceptors (Lipinski definition) is 3. The highest BCUT2D eigenvalue weighted by molar-refractivity contribution is 7.98. The number of benzene rings is 3. The number of carbonyl (C=O) groups excluding carboxylic acids is 1. The van der Waals surface area contributed by atoms with Gasteiger partial charge < -0.3 is 0 Å². The van der Waals surface area contributed by atoms with Gasteiger partial charge in [-0.1, -0.05) is 72.3 Å². The average molecular weight is 390 g/mol. The first-order valence-corrected chi connectivity index (χ1v) is 10.1. The van der Waals surface area contributed by atoms with E-state index in [1.54, 1.807) is 0 Å². The van der Waals surface area contributed by atoms with Gasteiger partial charge in [0, 0.05) is 21.5 Å². The lowest BCUT2D eigenvalue weighted by Crippen LogP contribution is -2.08. The van der Waals surface area contributed by atoms with Crippen molar-refractivity contribution >= 4 is 40.0 Å². The van der Waals surface area contributed by atoms with Crippen LogP contribution in [0, 0.1) is 0 Å². The molecule has 0 unspecified atom stereocenters. The van der Waals surface area contributed by atoms with Crippen molar-refractivity contribution in [2.75, 3.05) is 6.26 Å². The minimum Gasteiger partial charge on any atom is -0.288 e. The molecule has 4 heteroatoms. The molecule has 4 rings (SSSR count). The van der Waals surface area contributed by atoms with Crippen LogP contribution in [0.3, 0.4) is 0 Å². The number of nitrogens with zero attached hydrogens (tertiary/aromatic N) is 1. The zero-order valence-corrected chi connectivity index (χ0v) is 16.2. The molecule has 0 radical (unpaired) electrons. The highest BCUT2D eigenvalue weighted by atomic mass is 35.5. The first kappa shape index (κ1) is 17.8. The van der Waals surface area contributed by atoms with E-state index >= 15 is 0 Å². The van der Waals surface area contributed by atoms with Gasteiger partial charge in [0.2, 0.25) is 0 Å². The lowest BCUT2D eigenvalue weighted by atomic mass is 9.92. The topological polar surface area (TPSA) is 30.0 Å². The molecule has 3 aromatic carbocycles. The maximum absolute atomic E-state index is 13.5. The second-order valence-electron chi connectivity index (χ2n) is 6.09. The van der Waals surface area contributed by atoms with Gasteiger partial charge >= 0.3 is 0 Å². The fourth-order valence-electron chi connectivity index (χ4n) is 3.21. The summed E-state index contributed by atoms with van der Waals surface area (Å²) in [6.45, 7) is 0. The Bertz CT molecular complexity index is 1130. The number of aromatic nitrogens is 1. The van der Waals surface area contributed by atoms with Crippen LogP contribution in [0.5, 0.6) is 0 Å². The van der Waals surface area contributed by atoms with Gasteiger partial charge in [0.15, 0.2) is 5.78 Å². The number of halogens is 1. The van der Waals surface area contributed by atoms with E-state index in [4.69, 9.17) is 16.6 Å². The van der Waals surface area contributed by atoms with Gasteiger partial charge in [-0.05, 0) is 30.0 Å². The molecule has 1 heterocycles. The number of rotatable bonds is 4. The second-order valence-corrected chi connectivity index (χ2v) is 7.33. The standard InChI is InChI=1S/C23H16ClNOS/c1-27-23-21(22(26)16-10-6-3-7-11-16)20(15-8-4-2-5-9-15)18-14-17(24)12-13-19(18)25-23/h2-14H,1H3.